The van der Waals surface area contributed by atoms with Gasteiger partial charge < -0.3 is 19.4 Å². The molecule has 3 rings (SSSR count). The van der Waals surface area contributed by atoms with E-state index in [1.807, 2.05) is 29.7 Å². The number of rotatable bonds is 9. The minimum Gasteiger partial charge on any atom is -0.493 e. The van der Waals surface area contributed by atoms with Crippen molar-refractivity contribution in [2.24, 2.45) is 0 Å². The van der Waals surface area contributed by atoms with Crippen molar-refractivity contribution in [2.75, 3.05) is 25.3 Å². The van der Waals surface area contributed by atoms with Crippen LogP contribution in [-0.4, -0.2) is 46.4 Å². The van der Waals surface area contributed by atoms with E-state index < -0.39 is 0 Å². The Labute approximate surface area is 185 Å². The number of ether oxygens (including phenoxy) is 2. The second-order valence-electron chi connectivity index (χ2n) is 6.59. The highest BCUT2D eigenvalue weighted by molar-refractivity contribution is 7.99. The SMILES string of the molecule is CCn1c(SCC(=O)Nc2cccc(C(C)=O)c2)nnc1-c1ccc(OC)c(OC)c1. The molecule has 0 bridgehead atoms. The fourth-order valence-corrected chi connectivity index (χ4v) is 3.81. The molecule has 1 heterocycles. The molecule has 2 aromatic carbocycles. The van der Waals surface area contributed by atoms with E-state index in [9.17, 15) is 9.59 Å². The van der Waals surface area contributed by atoms with E-state index >= 15 is 0 Å². The van der Waals surface area contributed by atoms with Gasteiger partial charge in [-0.3, -0.25) is 9.59 Å². The molecule has 31 heavy (non-hydrogen) atoms. The zero-order valence-corrected chi connectivity index (χ0v) is 18.7. The van der Waals surface area contributed by atoms with E-state index in [1.54, 1.807) is 38.5 Å². The first-order valence-electron chi connectivity index (χ1n) is 9.66. The van der Waals surface area contributed by atoms with Crippen LogP contribution in [0.2, 0.25) is 0 Å². The first-order valence-corrected chi connectivity index (χ1v) is 10.6. The largest absolute Gasteiger partial charge is 0.493 e. The fourth-order valence-electron chi connectivity index (χ4n) is 3.01. The molecule has 0 unspecified atom stereocenters. The van der Waals surface area contributed by atoms with Gasteiger partial charge in [0.15, 0.2) is 28.3 Å². The van der Waals surface area contributed by atoms with Crippen molar-refractivity contribution in [3.8, 4) is 22.9 Å². The summed E-state index contributed by atoms with van der Waals surface area (Å²) in [7, 11) is 3.17. The highest BCUT2D eigenvalue weighted by Crippen LogP contribution is 2.32. The van der Waals surface area contributed by atoms with Gasteiger partial charge >= 0.3 is 0 Å². The highest BCUT2D eigenvalue weighted by Gasteiger charge is 2.16. The zero-order valence-electron chi connectivity index (χ0n) is 17.8. The predicted molar refractivity (Wildman–Crippen MR) is 120 cm³/mol. The van der Waals surface area contributed by atoms with Crippen molar-refractivity contribution in [3.63, 3.8) is 0 Å². The molecule has 0 atom stereocenters. The van der Waals surface area contributed by atoms with Gasteiger partial charge in [-0.2, -0.15) is 0 Å². The molecule has 1 amide bonds. The number of carbonyl (C=O) groups excluding carboxylic acids is 2. The van der Waals surface area contributed by atoms with Crippen molar-refractivity contribution in [1.82, 2.24) is 14.8 Å². The van der Waals surface area contributed by atoms with E-state index in [4.69, 9.17) is 9.47 Å². The Hall–Kier alpha value is -3.33. The molecule has 0 saturated carbocycles. The summed E-state index contributed by atoms with van der Waals surface area (Å²) in [6.07, 6.45) is 0. The number of nitrogens with one attached hydrogen (secondary N) is 1. The summed E-state index contributed by atoms with van der Waals surface area (Å²) in [5, 5.41) is 12.0. The Bertz CT molecular complexity index is 1100. The summed E-state index contributed by atoms with van der Waals surface area (Å²) in [6.45, 7) is 4.12. The Kier molecular flexibility index (Phi) is 7.30. The smallest absolute Gasteiger partial charge is 0.234 e. The average Bonchev–Trinajstić information content (AvgIpc) is 3.20. The first kappa shape index (κ1) is 22.4. The van der Waals surface area contributed by atoms with Gasteiger partial charge in [-0.25, -0.2) is 0 Å². The Balaban J connectivity index is 1.72. The molecule has 162 valence electrons. The third kappa shape index (κ3) is 5.24. The van der Waals surface area contributed by atoms with Crippen LogP contribution >= 0.6 is 11.8 Å². The molecular weight excluding hydrogens is 416 g/mol. The minimum absolute atomic E-state index is 0.0517. The van der Waals surface area contributed by atoms with Gasteiger partial charge in [0.1, 0.15) is 0 Å². The lowest BCUT2D eigenvalue weighted by molar-refractivity contribution is -0.113. The van der Waals surface area contributed by atoms with Crippen LogP contribution in [-0.2, 0) is 11.3 Å². The molecule has 1 N–H and O–H groups in total. The number of aromatic nitrogens is 3. The molecule has 9 heteroatoms. The van der Waals surface area contributed by atoms with Crippen molar-refractivity contribution >= 4 is 29.1 Å². The maximum Gasteiger partial charge on any atom is 0.234 e. The van der Waals surface area contributed by atoms with Crippen LogP contribution < -0.4 is 14.8 Å². The lowest BCUT2D eigenvalue weighted by Gasteiger charge is -2.11. The van der Waals surface area contributed by atoms with Gasteiger partial charge in [0.2, 0.25) is 5.91 Å². The molecule has 0 fully saturated rings. The summed E-state index contributed by atoms with van der Waals surface area (Å²) in [5.74, 6) is 1.84. The predicted octanol–water partition coefficient (Wildman–Crippen LogP) is 3.92. The Morgan fingerprint density at radius 1 is 1.06 bits per heavy atom. The maximum atomic E-state index is 12.4. The van der Waals surface area contributed by atoms with E-state index in [-0.39, 0.29) is 17.4 Å². The Morgan fingerprint density at radius 3 is 2.52 bits per heavy atom. The number of hydrogen-bond donors (Lipinski definition) is 1. The second kappa shape index (κ2) is 10.1. The Morgan fingerprint density at radius 2 is 1.84 bits per heavy atom. The van der Waals surface area contributed by atoms with Crippen LogP contribution in [0.1, 0.15) is 24.2 Å². The standard InChI is InChI=1S/C22H24N4O4S/c1-5-26-21(16-9-10-18(29-3)19(12-16)30-4)24-25-22(26)31-13-20(28)23-17-8-6-7-15(11-17)14(2)27/h6-12H,5,13H2,1-4H3,(H,23,28). The van der Waals surface area contributed by atoms with Gasteiger partial charge in [0.05, 0.1) is 20.0 Å². The van der Waals surface area contributed by atoms with Crippen molar-refractivity contribution < 1.29 is 19.1 Å². The molecule has 0 aliphatic carbocycles. The second-order valence-corrected chi connectivity index (χ2v) is 7.54. The molecule has 3 aromatic rings. The quantitative estimate of drug-likeness (QED) is 0.398. The average molecular weight is 441 g/mol. The minimum atomic E-state index is -0.191. The molecule has 0 aliphatic rings. The van der Waals surface area contributed by atoms with E-state index in [0.29, 0.717) is 40.3 Å². The fraction of sp³-hybridized carbons (Fsp3) is 0.273. The summed E-state index contributed by atoms with van der Waals surface area (Å²) in [5.41, 5.74) is 1.97. The number of Topliss-reactive ketones (excluding diaryl/α,β-unsaturated/α-hetero) is 1. The summed E-state index contributed by atoms with van der Waals surface area (Å²) < 4.78 is 12.6. The van der Waals surface area contributed by atoms with Gasteiger partial charge in [0, 0.05) is 23.4 Å². The third-order valence-electron chi connectivity index (χ3n) is 4.56. The van der Waals surface area contributed by atoms with E-state index in [2.05, 4.69) is 15.5 Å². The van der Waals surface area contributed by atoms with Gasteiger partial charge in [0.25, 0.3) is 0 Å². The number of benzene rings is 2. The van der Waals surface area contributed by atoms with Crippen LogP contribution in [0.5, 0.6) is 11.5 Å². The number of hydrogen-bond acceptors (Lipinski definition) is 7. The molecular formula is C22H24N4O4S. The van der Waals surface area contributed by atoms with Crippen molar-refractivity contribution in [1.29, 1.82) is 0 Å². The lowest BCUT2D eigenvalue weighted by atomic mass is 10.1. The van der Waals surface area contributed by atoms with Crippen LogP contribution in [0.3, 0.4) is 0 Å². The number of amides is 1. The van der Waals surface area contributed by atoms with Crippen LogP contribution in [0.25, 0.3) is 11.4 Å². The van der Waals surface area contributed by atoms with Crippen molar-refractivity contribution in [3.05, 3.63) is 48.0 Å². The highest BCUT2D eigenvalue weighted by atomic mass is 32.2. The van der Waals surface area contributed by atoms with Crippen LogP contribution in [0, 0.1) is 0 Å². The topological polar surface area (TPSA) is 95.3 Å². The van der Waals surface area contributed by atoms with Gasteiger partial charge in [-0.05, 0) is 44.2 Å². The summed E-state index contributed by atoms with van der Waals surface area (Å²) >= 11 is 1.30. The lowest BCUT2D eigenvalue weighted by Crippen LogP contribution is -2.15. The molecule has 1 aromatic heterocycles. The van der Waals surface area contributed by atoms with Crippen molar-refractivity contribution in [2.45, 2.75) is 25.5 Å². The zero-order chi connectivity index (χ0) is 22.4. The number of ketones is 1. The van der Waals surface area contributed by atoms with Gasteiger partial charge in [-0.15, -0.1) is 10.2 Å². The van der Waals surface area contributed by atoms with Crippen LogP contribution in [0.15, 0.2) is 47.6 Å². The normalized spacial score (nSPS) is 10.6. The third-order valence-corrected chi connectivity index (χ3v) is 5.53. The molecule has 0 saturated heterocycles. The number of carbonyl (C=O) groups is 2. The molecule has 0 spiro atoms. The monoisotopic (exact) mass is 440 g/mol. The van der Waals surface area contributed by atoms with Gasteiger partial charge in [-0.1, -0.05) is 23.9 Å². The molecule has 0 aliphatic heterocycles. The molecule has 8 nitrogen and oxygen atoms in total. The number of thioether (sulfide) groups is 1. The number of nitrogens with zero attached hydrogens (tertiary/aromatic N) is 3. The first-order chi connectivity index (χ1) is 15.0. The van der Waals surface area contributed by atoms with Crippen LogP contribution in [0.4, 0.5) is 5.69 Å². The summed E-state index contributed by atoms with van der Waals surface area (Å²) in [6, 6.07) is 12.4. The molecule has 0 radical (unpaired) electrons. The number of methoxy groups -OCH3 is 2. The number of anilines is 1. The van der Waals surface area contributed by atoms with E-state index in [0.717, 1.165) is 5.56 Å². The summed E-state index contributed by atoms with van der Waals surface area (Å²) in [4.78, 5) is 23.9. The maximum absolute atomic E-state index is 12.4. The van der Waals surface area contributed by atoms with E-state index in [1.165, 1.54) is 18.7 Å².